The van der Waals surface area contributed by atoms with Crippen molar-refractivity contribution < 1.29 is 4.79 Å². The van der Waals surface area contributed by atoms with Gasteiger partial charge in [-0.15, -0.1) is 5.10 Å². The van der Waals surface area contributed by atoms with Gasteiger partial charge in [0.05, 0.1) is 0 Å². The number of anilines is 1. The summed E-state index contributed by atoms with van der Waals surface area (Å²) in [6.45, 7) is 3.80. The van der Waals surface area contributed by atoms with Crippen molar-refractivity contribution in [3.8, 4) is 0 Å². The average Bonchev–Trinajstić information content (AvgIpc) is 2.98. The second-order valence-corrected chi connectivity index (χ2v) is 6.18. The first-order chi connectivity index (χ1) is 11.1. The Kier molecular flexibility index (Phi) is 4.60. The summed E-state index contributed by atoms with van der Waals surface area (Å²) in [6, 6.07) is 8.47. The Labute approximate surface area is 136 Å². The molecule has 1 aromatic heterocycles. The van der Waals surface area contributed by atoms with Crippen LogP contribution in [-0.4, -0.2) is 39.1 Å². The molecule has 0 aliphatic carbocycles. The van der Waals surface area contributed by atoms with E-state index in [1.54, 1.807) is 0 Å². The zero-order chi connectivity index (χ0) is 16.2. The van der Waals surface area contributed by atoms with E-state index in [1.807, 2.05) is 4.90 Å². The van der Waals surface area contributed by atoms with Crippen LogP contribution in [0.3, 0.4) is 0 Å². The molecule has 0 radical (unpaired) electrons. The van der Waals surface area contributed by atoms with Crippen LogP contribution < -0.4 is 5.73 Å². The number of hydrogen-bond donors (Lipinski definition) is 2. The Morgan fingerprint density at radius 2 is 2.26 bits per heavy atom. The lowest BCUT2D eigenvalue weighted by Crippen LogP contribution is -2.39. The lowest BCUT2D eigenvalue weighted by molar-refractivity contribution is -0.132. The molecule has 0 saturated carbocycles. The number of nitrogens with two attached hydrogens (primary N) is 1. The van der Waals surface area contributed by atoms with E-state index in [-0.39, 0.29) is 11.9 Å². The molecule has 23 heavy (non-hydrogen) atoms. The van der Waals surface area contributed by atoms with Gasteiger partial charge in [-0.1, -0.05) is 24.3 Å². The number of carbonyl (C=O) groups excluding carboxylic acids is 1. The van der Waals surface area contributed by atoms with Crippen molar-refractivity contribution in [2.24, 2.45) is 0 Å². The molecular weight excluding hydrogens is 290 g/mol. The van der Waals surface area contributed by atoms with Gasteiger partial charge in [-0.3, -0.25) is 9.89 Å². The molecule has 122 valence electrons. The molecule has 1 atom stereocenters. The zero-order valence-corrected chi connectivity index (χ0v) is 13.5. The number of nitrogens with one attached hydrogen (secondary N) is 1. The SMILES string of the molecule is Cc1ccccc1[C@H]1CCCN(C(=O)CCc2nc(N)n[nH]2)C1. The normalized spacial score (nSPS) is 18.1. The number of H-pyrrole nitrogens is 1. The third kappa shape index (κ3) is 3.70. The number of aryl methyl sites for hydroxylation is 2. The molecular formula is C17H23N5O. The van der Waals surface area contributed by atoms with E-state index in [1.165, 1.54) is 11.1 Å². The quantitative estimate of drug-likeness (QED) is 0.904. The van der Waals surface area contributed by atoms with Crippen molar-refractivity contribution in [2.45, 2.75) is 38.5 Å². The first kappa shape index (κ1) is 15.5. The van der Waals surface area contributed by atoms with Gasteiger partial charge in [0.25, 0.3) is 0 Å². The van der Waals surface area contributed by atoms with Crippen molar-refractivity contribution in [1.29, 1.82) is 0 Å². The number of benzene rings is 1. The number of hydrogen-bond acceptors (Lipinski definition) is 4. The molecule has 1 amide bonds. The number of amides is 1. The van der Waals surface area contributed by atoms with Crippen molar-refractivity contribution >= 4 is 11.9 Å². The van der Waals surface area contributed by atoms with Crippen molar-refractivity contribution in [3.05, 3.63) is 41.2 Å². The van der Waals surface area contributed by atoms with Gasteiger partial charge < -0.3 is 10.6 Å². The van der Waals surface area contributed by atoms with Crippen LogP contribution in [0.25, 0.3) is 0 Å². The van der Waals surface area contributed by atoms with Crippen LogP contribution in [0, 0.1) is 6.92 Å². The highest BCUT2D eigenvalue weighted by Gasteiger charge is 2.25. The summed E-state index contributed by atoms with van der Waals surface area (Å²) in [5, 5.41) is 6.53. The fourth-order valence-electron chi connectivity index (χ4n) is 3.31. The molecule has 3 rings (SSSR count). The Balaban J connectivity index is 1.59. The molecule has 1 aliphatic heterocycles. The topological polar surface area (TPSA) is 87.9 Å². The molecule has 0 bridgehead atoms. The van der Waals surface area contributed by atoms with E-state index in [9.17, 15) is 4.79 Å². The molecule has 1 saturated heterocycles. The Bertz CT molecular complexity index is 681. The maximum atomic E-state index is 12.5. The van der Waals surface area contributed by atoms with E-state index in [0.29, 0.717) is 24.6 Å². The smallest absolute Gasteiger partial charge is 0.239 e. The van der Waals surface area contributed by atoms with Gasteiger partial charge >= 0.3 is 0 Å². The number of rotatable bonds is 4. The first-order valence-electron chi connectivity index (χ1n) is 8.13. The van der Waals surface area contributed by atoms with E-state index >= 15 is 0 Å². The van der Waals surface area contributed by atoms with Crippen molar-refractivity contribution in [2.75, 3.05) is 18.8 Å². The lowest BCUT2D eigenvalue weighted by Gasteiger charge is -2.33. The summed E-state index contributed by atoms with van der Waals surface area (Å²) in [7, 11) is 0. The minimum absolute atomic E-state index is 0.179. The number of piperidine rings is 1. The number of likely N-dealkylation sites (tertiary alicyclic amines) is 1. The van der Waals surface area contributed by atoms with Crippen molar-refractivity contribution in [1.82, 2.24) is 20.1 Å². The average molecular weight is 313 g/mol. The highest BCUT2D eigenvalue weighted by atomic mass is 16.2. The molecule has 1 aromatic carbocycles. The first-order valence-corrected chi connectivity index (χ1v) is 8.13. The molecule has 1 aliphatic rings. The highest BCUT2D eigenvalue weighted by Crippen LogP contribution is 2.29. The third-order valence-electron chi connectivity index (χ3n) is 4.53. The summed E-state index contributed by atoms with van der Waals surface area (Å²) in [5.74, 6) is 1.52. The van der Waals surface area contributed by atoms with Gasteiger partial charge in [0.2, 0.25) is 11.9 Å². The molecule has 1 fully saturated rings. The van der Waals surface area contributed by atoms with Crippen LogP contribution >= 0.6 is 0 Å². The van der Waals surface area contributed by atoms with Crippen LogP contribution in [0.15, 0.2) is 24.3 Å². The lowest BCUT2D eigenvalue weighted by atomic mass is 9.88. The minimum atomic E-state index is 0.179. The summed E-state index contributed by atoms with van der Waals surface area (Å²) >= 11 is 0. The summed E-state index contributed by atoms with van der Waals surface area (Å²) in [6.07, 6.45) is 3.19. The third-order valence-corrected chi connectivity index (χ3v) is 4.53. The van der Waals surface area contributed by atoms with Crippen LogP contribution in [0.4, 0.5) is 5.95 Å². The Morgan fingerprint density at radius 3 is 3.00 bits per heavy atom. The van der Waals surface area contributed by atoms with E-state index in [0.717, 1.165) is 25.9 Å². The number of aromatic amines is 1. The Hall–Kier alpha value is -2.37. The van der Waals surface area contributed by atoms with E-state index < -0.39 is 0 Å². The number of nitrogens with zero attached hydrogens (tertiary/aromatic N) is 3. The number of aromatic nitrogens is 3. The highest BCUT2D eigenvalue weighted by molar-refractivity contribution is 5.76. The minimum Gasteiger partial charge on any atom is -0.367 e. The van der Waals surface area contributed by atoms with Gasteiger partial charge in [-0.05, 0) is 30.9 Å². The van der Waals surface area contributed by atoms with Gasteiger partial charge in [0.1, 0.15) is 5.82 Å². The monoisotopic (exact) mass is 313 g/mol. The van der Waals surface area contributed by atoms with Crippen molar-refractivity contribution in [3.63, 3.8) is 0 Å². The van der Waals surface area contributed by atoms with Gasteiger partial charge in [0.15, 0.2) is 0 Å². The predicted octanol–water partition coefficient (Wildman–Crippen LogP) is 2.03. The number of carbonyl (C=O) groups is 1. The van der Waals surface area contributed by atoms with Crippen LogP contribution in [0.2, 0.25) is 0 Å². The van der Waals surface area contributed by atoms with Gasteiger partial charge in [-0.25, -0.2) is 0 Å². The maximum absolute atomic E-state index is 12.5. The van der Waals surface area contributed by atoms with Crippen LogP contribution in [-0.2, 0) is 11.2 Å². The van der Waals surface area contributed by atoms with Crippen LogP contribution in [0.1, 0.15) is 42.1 Å². The summed E-state index contributed by atoms with van der Waals surface area (Å²) in [4.78, 5) is 18.5. The fourth-order valence-corrected chi connectivity index (χ4v) is 3.31. The maximum Gasteiger partial charge on any atom is 0.239 e. The van der Waals surface area contributed by atoms with Gasteiger partial charge in [0, 0.05) is 31.8 Å². The fraction of sp³-hybridized carbons (Fsp3) is 0.471. The largest absolute Gasteiger partial charge is 0.367 e. The van der Waals surface area contributed by atoms with E-state index in [4.69, 9.17) is 5.73 Å². The summed E-state index contributed by atoms with van der Waals surface area (Å²) in [5.41, 5.74) is 8.15. The second kappa shape index (κ2) is 6.81. The molecule has 6 heteroatoms. The predicted molar refractivity (Wildman–Crippen MR) is 88.9 cm³/mol. The van der Waals surface area contributed by atoms with Gasteiger partial charge in [-0.2, -0.15) is 4.98 Å². The molecule has 0 spiro atoms. The number of nitrogen functional groups attached to an aromatic ring is 1. The molecule has 6 nitrogen and oxygen atoms in total. The summed E-state index contributed by atoms with van der Waals surface area (Å²) < 4.78 is 0. The molecule has 0 unspecified atom stereocenters. The second-order valence-electron chi connectivity index (χ2n) is 6.18. The molecule has 3 N–H and O–H groups in total. The standard InChI is InChI=1S/C17H23N5O/c1-12-5-2-3-7-14(12)13-6-4-10-22(11-13)16(23)9-8-15-19-17(18)21-20-15/h2-3,5,7,13H,4,6,8-11H2,1H3,(H3,18,19,20,21)/t13-/m0/s1. The van der Waals surface area contributed by atoms with Crippen LogP contribution in [0.5, 0.6) is 0 Å². The van der Waals surface area contributed by atoms with E-state index in [2.05, 4.69) is 46.4 Å². The molecule has 2 aromatic rings. The Morgan fingerprint density at radius 1 is 1.43 bits per heavy atom. The molecule has 2 heterocycles. The zero-order valence-electron chi connectivity index (χ0n) is 13.5.